The summed E-state index contributed by atoms with van der Waals surface area (Å²) < 4.78 is 17.0. The molecule has 1 aliphatic heterocycles. The third kappa shape index (κ3) is 2.38. The Kier molecular flexibility index (Phi) is 3.64. The standard InChI is InChI=1S/C15H22O3/c1-10(2)11-6-7-13-12(8-11)14(16-4)9-15(3,17-5)18-13/h6-8,10,14H,9H2,1-5H3/t14-,15+/m0/s1. The van der Waals surface area contributed by atoms with Crippen molar-refractivity contribution in [3.05, 3.63) is 29.3 Å². The van der Waals surface area contributed by atoms with Crippen LogP contribution in [-0.4, -0.2) is 20.0 Å². The fraction of sp³-hybridized carbons (Fsp3) is 0.600. The van der Waals surface area contributed by atoms with Crippen molar-refractivity contribution in [2.45, 2.75) is 45.0 Å². The lowest BCUT2D eigenvalue weighted by Gasteiger charge is -2.38. The summed E-state index contributed by atoms with van der Waals surface area (Å²) in [5.41, 5.74) is 2.43. The first-order valence-electron chi connectivity index (χ1n) is 6.40. The van der Waals surface area contributed by atoms with Crippen LogP contribution in [0.5, 0.6) is 5.75 Å². The highest BCUT2D eigenvalue weighted by Crippen LogP contribution is 2.42. The molecule has 18 heavy (non-hydrogen) atoms. The Morgan fingerprint density at radius 1 is 1.33 bits per heavy atom. The van der Waals surface area contributed by atoms with E-state index < -0.39 is 5.79 Å². The third-order valence-corrected chi connectivity index (χ3v) is 3.65. The highest BCUT2D eigenvalue weighted by molar-refractivity contribution is 5.41. The second-order valence-electron chi connectivity index (χ2n) is 5.32. The summed E-state index contributed by atoms with van der Waals surface area (Å²) in [5, 5.41) is 0. The van der Waals surface area contributed by atoms with Crippen molar-refractivity contribution in [1.82, 2.24) is 0 Å². The monoisotopic (exact) mass is 250 g/mol. The first-order valence-corrected chi connectivity index (χ1v) is 6.40. The molecule has 2 atom stereocenters. The fourth-order valence-corrected chi connectivity index (χ4v) is 2.33. The maximum Gasteiger partial charge on any atom is 0.210 e. The first-order chi connectivity index (χ1) is 8.49. The molecule has 0 radical (unpaired) electrons. The molecular weight excluding hydrogens is 228 g/mol. The van der Waals surface area contributed by atoms with Crippen LogP contribution in [0, 0.1) is 0 Å². The SMILES string of the molecule is CO[C@H]1C[C@](C)(OC)Oc2ccc(C(C)C)cc21. The Bertz CT molecular complexity index is 428. The fourth-order valence-electron chi connectivity index (χ4n) is 2.33. The second kappa shape index (κ2) is 4.90. The summed E-state index contributed by atoms with van der Waals surface area (Å²) in [6.45, 7) is 6.32. The number of hydrogen-bond donors (Lipinski definition) is 0. The van der Waals surface area contributed by atoms with Gasteiger partial charge in [-0.3, -0.25) is 0 Å². The molecule has 2 rings (SSSR count). The zero-order valence-electron chi connectivity index (χ0n) is 11.8. The predicted octanol–water partition coefficient (Wildman–Crippen LogP) is 3.64. The third-order valence-electron chi connectivity index (χ3n) is 3.65. The van der Waals surface area contributed by atoms with Crippen molar-refractivity contribution in [2.75, 3.05) is 14.2 Å². The molecule has 0 fully saturated rings. The Morgan fingerprint density at radius 3 is 2.61 bits per heavy atom. The summed E-state index contributed by atoms with van der Waals surface area (Å²) in [6.07, 6.45) is 0.728. The first kappa shape index (κ1) is 13.4. The Labute approximate surface area is 109 Å². The van der Waals surface area contributed by atoms with Crippen LogP contribution in [0.4, 0.5) is 0 Å². The van der Waals surface area contributed by atoms with Gasteiger partial charge in [-0.15, -0.1) is 0 Å². The number of rotatable bonds is 3. The molecule has 0 bridgehead atoms. The molecular formula is C15H22O3. The summed E-state index contributed by atoms with van der Waals surface area (Å²) in [4.78, 5) is 0. The van der Waals surface area contributed by atoms with Crippen LogP contribution < -0.4 is 4.74 Å². The minimum Gasteiger partial charge on any atom is -0.462 e. The minimum atomic E-state index is -0.604. The number of ether oxygens (including phenoxy) is 3. The summed E-state index contributed by atoms with van der Waals surface area (Å²) >= 11 is 0. The lowest BCUT2D eigenvalue weighted by molar-refractivity contribution is -0.184. The average molecular weight is 250 g/mol. The van der Waals surface area contributed by atoms with Gasteiger partial charge >= 0.3 is 0 Å². The van der Waals surface area contributed by atoms with Gasteiger partial charge in [0.15, 0.2) is 0 Å². The van der Waals surface area contributed by atoms with Gasteiger partial charge in [0, 0.05) is 33.1 Å². The molecule has 0 amide bonds. The number of methoxy groups -OCH3 is 2. The van der Waals surface area contributed by atoms with E-state index in [0.29, 0.717) is 12.3 Å². The van der Waals surface area contributed by atoms with Crippen LogP contribution in [0.15, 0.2) is 18.2 Å². The zero-order chi connectivity index (χ0) is 13.3. The maximum absolute atomic E-state index is 5.93. The van der Waals surface area contributed by atoms with Crippen LogP contribution >= 0.6 is 0 Å². The van der Waals surface area contributed by atoms with Crippen LogP contribution in [0.25, 0.3) is 0 Å². The van der Waals surface area contributed by atoms with E-state index in [1.165, 1.54) is 5.56 Å². The molecule has 1 aromatic carbocycles. The molecule has 0 spiro atoms. The summed E-state index contributed by atoms with van der Waals surface area (Å²) in [6, 6.07) is 6.31. The van der Waals surface area contributed by atoms with Crippen molar-refractivity contribution in [1.29, 1.82) is 0 Å². The van der Waals surface area contributed by atoms with Crippen molar-refractivity contribution < 1.29 is 14.2 Å². The molecule has 1 aliphatic rings. The highest BCUT2D eigenvalue weighted by atomic mass is 16.7. The van der Waals surface area contributed by atoms with E-state index in [4.69, 9.17) is 14.2 Å². The van der Waals surface area contributed by atoms with Crippen molar-refractivity contribution in [3.8, 4) is 5.75 Å². The van der Waals surface area contributed by atoms with Crippen LogP contribution in [-0.2, 0) is 9.47 Å². The normalized spacial score (nSPS) is 26.9. The van der Waals surface area contributed by atoms with E-state index >= 15 is 0 Å². The maximum atomic E-state index is 5.93. The van der Waals surface area contributed by atoms with Crippen LogP contribution in [0.1, 0.15) is 50.3 Å². The quantitative estimate of drug-likeness (QED) is 0.819. The van der Waals surface area contributed by atoms with E-state index in [1.807, 2.05) is 13.0 Å². The zero-order valence-corrected chi connectivity index (χ0v) is 11.8. The lowest BCUT2D eigenvalue weighted by atomic mass is 9.93. The average Bonchev–Trinajstić information content (AvgIpc) is 2.37. The van der Waals surface area contributed by atoms with E-state index in [2.05, 4.69) is 26.0 Å². The summed E-state index contributed by atoms with van der Waals surface area (Å²) in [7, 11) is 3.40. The van der Waals surface area contributed by atoms with E-state index in [0.717, 1.165) is 11.3 Å². The number of hydrogen-bond acceptors (Lipinski definition) is 3. The minimum absolute atomic E-state index is 0.0254. The van der Waals surface area contributed by atoms with Crippen LogP contribution in [0.2, 0.25) is 0 Å². The predicted molar refractivity (Wildman–Crippen MR) is 70.9 cm³/mol. The molecule has 0 saturated heterocycles. The smallest absolute Gasteiger partial charge is 0.210 e. The highest BCUT2D eigenvalue weighted by Gasteiger charge is 2.37. The molecule has 0 N–H and O–H groups in total. The largest absolute Gasteiger partial charge is 0.462 e. The van der Waals surface area contributed by atoms with Crippen molar-refractivity contribution >= 4 is 0 Å². The van der Waals surface area contributed by atoms with Crippen molar-refractivity contribution in [3.63, 3.8) is 0 Å². The van der Waals surface area contributed by atoms with Gasteiger partial charge in [0.05, 0.1) is 6.10 Å². The van der Waals surface area contributed by atoms with Gasteiger partial charge in [-0.1, -0.05) is 19.9 Å². The Balaban J connectivity index is 2.41. The van der Waals surface area contributed by atoms with E-state index in [-0.39, 0.29) is 6.10 Å². The topological polar surface area (TPSA) is 27.7 Å². The second-order valence-corrected chi connectivity index (χ2v) is 5.32. The van der Waals surface area contributed by atoms with Gasteiger partial charge in [-0.05, 0) is 23.6 Å². The number of benzene rings is 1. The van der Waals surface area contributed by atoms with Gasteiger partial charge < -0.3 is 14.2 Å². The molecule has 0 aromatic heterocycles. The molecule has 0 saturated carbocycles. The van der Waals surface area contributed by atoms with E-state index in [1.54, 1.807) is 14.2 Å². The molecule has 1 aromatic rings. The van der Waals surface area contributed by atoms with Crippen LogP contribution in [0.3, 0.4) is 0 Å². The van der Waals surface area contributed by atoms with Gasteiger partial charge in [0.1, 0.15) is 5.75 Å². The van der Waals surface area contributed by atoms with Gasteiger partial charge in [-0.2, -0.15) is 0 Å². The molecule has 3 heteroatoms. The molecule has 0 unspecified atom stereocenters. The Morgan fingerprint density at radius 2 is 2.06 bits per heavy atom. The molecule has 3 nitrogen and oxygen atoms in total. The summed E-state index contributed by atoms with van der Waals surface area (Å²) in [5.74, 6) is 0.762. The van der Waals surface area contributed by atoms with Crippen molar-refractivity contribution in [2.24, 2.45) is 0 Å². The Hall–Kier alpha value is -1.06. The van der Waals surface area contributed by atoms with E-state index in [9.17, 15) is 0 Å². The number of fused-ring (bicyclic) bond motifs is 1. The molecule has 0 aliphatic carbocycles. The van der Waals surface area contributed by atoms with Gasteiger partial charge in [0.2, 0.25) is 5.79 Å². The molecule has 1 heterocycles. The molecule has 100 valence electrons. The van der Waals surface area contributed by atoms with Gasteiger partial charge in [0.25, 0.3) is 0 Å². The van der Waals surface area contributed by atoms with Gasteiger partial charge in [-0.25, -0.2) is 0 Å². The lowest BCUT2D eigenvalue weighted by Crippen LogP contribution is -2.40.